The second-order valence-electron chi connectivity index (χ2n) is 6.51. The number of hydrazone groups is 1. The molecule has 0 saturated carbocycles. The Bertz CT molecular complexity index is 1020. The van der Waals surface area contributed by atoms with Crippen molar-refractivity contribution in [2.75, 3.05) is 12.8 Å². The van der Waals surface area contributed by atoms with E-state index >= 15 is 0 Å². The van der Waals surface area contributed by atoms with E-state index in [0.717, 1.165) is 33.3 Å². The molecular formula is C23H24N4OS. The van der Waals surface area contributed by atoms with Crippen LogP contribution in [0.5, 0.6) is 0 Å². The first kappa shape index (κ1) is 20.6. The molecule has 0 aliphatic carbocycles. The molecule has 2 aromatic carbocycles. The lowest BCUT2D eigenvalue weighted by Crippen LogP contribution is -2.22. The SMILES string of the molecule is C=CCSc1c(/C=[N+](C)/N=C(/[O-])Cc2ccccc2)c(C)nn1-c1ccccc1. The van der Waals surface area contributed by atoms with Crippen LogP contribution >= 0.6 is 11.8 Å². The van der Waals surface area contributed by atoms with E-state index in [1.165, 1.54) is 0 Å². The van der Waals surface area contributed by atoms with Crippen LogP contribution in [0.3, 0.4) is 0 Å². The molecule has 0 unspecified atom stereocenters. The van der Waals surface area contributed by atoms with Crippen LogP contribution in [0.4, 0.5) is 0 Å². The first-order chi connectivity index (χ1) is 14.1. The highest BCUT2D eigenvalue weighted by atomic mass is 32.2. The molecule has 0 amide bonds. The second kappa shape index (κ2) is 9.89. The maximum Gasteiger partial charge on any atom is 0.207 e. The minimum Gasteiger partial charge on any atom is -0.857 e. The van der Waals surface area contributed by atoms with E-state index in [1.807, 2.05) is 84.6 Å². The highest BCUT2D eigenvalue weighted by molar-refractivity contribution is 7.99. The summed E-state index contributed by atoms with van der Waals surface area (Å²) in [4.78, 5) is 0. The van der Waals surface area contributed by atoms with E-state index in [0.29, 0.717) is 0 Å². The summed E-state index contributed by atoms with van der Waals surface area (Å²) in [5.41, 5.74) is 3.75. The number of hydrogen-bond donors (Lipinski definition) is 0. The standard InChI is InChI=1S/C23H24N4OS/c1-4-15-29-23-21(18(2)24-27(23)20-13-9-6-10-14-20)17-26(3)25-22(28)16-19-11-7-5-8-12-19/h4-14,17H,1,15-16H2,2-3H3. The third kappa shape index (κ3) is 5.45. The zero-order valence-electron chi connectivity index (χ0n) is 16.7. The molecule has 0 aliphatic heterocycles. The van der Waals surface area contributed by atoms with Crippen molar-refractivity contribution in [3.8, 4) is 5.69 Å². The third-order valence-corrected chi connectivity index (χ3v) is 5.25. The first-order valence-electron chi connectivity index (χ1n) is 9.33. The zero-order chi connectivity index (χ0) is 20.6. The molecule has 148 valence electrons. The van der Waals surface area contributed by atoms with Crippen molar-refractivity contribution in [1.29, 1.82) is 0 Å². The fraction of sp³-hybridized carbons (Fsp3) is 0.174. The lowest BCUT2D eigenvalue weighted by Gasteiger charge is -2.07. The van der Waals surface area contributed by atoms with Crippen molar-refractivity contribution < 1.29 is 9.79 Å². The Morgan fingerprint density at radius 3 is 2.48 bits per heavy atom. The molecule has 0 bridgehead atoms. The van der Waals surface area contributed by atoms with Crippen LogP contribution < -0.4 is 5.11 Å². The minimum absolute atomic E-state index is 0.191. The highest BCUT2D eigenvalue weighted by Crippen LogP contribution is 2.27. The smallest absolute Gasteiger partial charge is 0.207 e. The molecule has 1 aromatic heterocycles. The highest BCUT2D eigenvalue weighted by Gasteiger charge is 2.18. The van der Waals surface area contributed by atoms with Gasteiger partial charge in [-0.3, -0.25) is 0 Å². The van der Waals surface area contributed by atoms with Gasteiger partial charge in [-0.05, 0) is 29.7 Å². The largest absolute Gasteiger partial charge is 0.857 e. The van der Waals surface area contributed by atoms with Gasteiger partial charge in [-0.15, -0.1) is 18.3 Å². The molecule has 0 atom stereocenters. The van der Waals surface area contributed by atoms with Crippen LogP contribution in [0.2, 0.25) is 0 Å². The predicted molar refractivity (Wildman–Crippen MR) is 118 cm³/mol. The first-order valence-corrected chi connectivity index (χ1v) is 10.3. The van der Waals surface area contributed by atoms with E-state index in [2.05, 4.69) is 11.7 Å². The van der Waals surface area contributed by atoms with Crippen molar-refractivity contribution in [2.24, 2.45) is 5.10 Å². The predicted octanol–water partition coefficient (Wildman–Crippen LogP) is 3.44. The Morgan fingerprint density at radius 2 is 1.83 bits per heavy atom. The molecular weight excluding hydrogens is 380 g/mol. The zero-order valence-corrected chi connectivity index (χ0v) is 17.5. The van der Waals surface area contributed by atoms with Crippen molar-refractivity contribution in [3.63, 3.8) is 0 Å². The quantitative estimate of drug-likeness (QED) is 0.144. The van der Waals surface area contributed by atoms with Crippen molar-refractivity contribution in [3.05, 3.63) is 90.1 Å². The average Bonchev–Trinajstić information content (AvgIpc) is 3.03. The van der Waals surface area contributed by atoms with Crippen LogP contribution in [0.15, 0.2) is 83.4 Å². The number of aryl methyl sites for hydroxylation is 1. The topological polar surface area (TPSA) is 56.2 Å². The number of rotatable bonds is 8. The van der Waals surface area contributed by atoms with Crippen LogP contribution in [0.1, 0.15) is 16.8 Å². The lowest BCUT2D eigenvalue weighted by atomic mass is 10.1. The Labute approximate surface area is 175 Å². The van der Waals surface area contributed by atoms with Gasteiger partial charge in [0.05, 0.1) is 16.9 Å². The molecule has 29 heavy (non-hydrogen) atoms. The van der Waals surface area contributed by atoms with Gasteiger partial charge in [0.2, 0.25) is 6.21 Å². The molecule has 0 saturated heterocycles. The fourth-order valence-electron chi connectivity index (χ4n) is 2.89. The molecule has 5 nitrogen and oxygen atoms in total. The number of thioether (sulfide) groups is 1. The van der Waals surface area contributed by atoms with Crippen molar-refractivity contribution >= 4 is 23.9 Å². The number of aromatic nitrogens is 2. The number of nitrogens with zero attached hydrogens (tertiary/aromatic N) is 4. The molecule has 0 spiro atoms. The summed E-state index contributed by atoms with van der Waals surface area (Å²) >= 11 is 1.65. The van der Waals surface area contributed by atoms with Gasteiger partial charge in [-0.2, -0.15) is 5.10 Å². The van der Waals surface area contributed by atoms with E-state index in [9.17, 15) is 5.11 Å². The summed E-state index contributed by atoms with van der Waals surface area (Å²) in [5, 5.41) is 22.2. The fourth-order valence-corrected chi connectivity index (χ4v) is 3.79. The van der Waals surface area contributed by atoms with E-state index in [1.54, 1.807) is 23.5 Å². The van der Waals surface area contributed by atoms with Crippen LogP contribution in [0.25, 0.3) is 5.69 Å². The molecule has 6 heteroatoms. The van der Waals surface area contributed by atoms with Gasteiger partial charge in [0, 0.05) is 18.1 Å². The number of benzene rings is 2. The van der Waals surface area contributed by atoms with E-state index < -0.39 is 0 Å². The maximum atomic E-state index is 12.3. The Hall–Kier alpha value is -3.12. The molecule has 0 aliphatic rings. The molecule has 0 radical (unpaired) electrons. The van der Waals surface area contributed by atoms with Gasteiger partial charge in [0.25, 0.3) is 0 Å². The van der Waals surface area contributed by atoms with Gasteiger partial charge < -0.3 is 5.11 Å². The Kier molecular flexibility index (Phi) is 7.03. The molecule has 0 N–H and O–H groups in total. The minimum atomic E-state index is -0.191. The number of para-hydroxylation sites is 1. The molecule has 3 aromatic rings. The summed E-state index contributed by atoms with van der Waals surface area (Å²) < 4.78 is 3.50. The summed E-state index contributed by atoms with van der Waals surface area (Å²) in [6, 6.07) is 19.6. The van der Waals surface area contributed by atoms with Gasteiger partial charge in [0.1, 0.15) is 5.03 Å². The van der Waals surface area contributed by atoms with Gasteiger partial charge in [-0.1, -0.05) is 59.3 Å². The molecule has 0 fully saturated rings. The van der Waals surface area contributed by atoms with Crippen LogP contribution in [-0.2, 0) is 6.42 Å². The molecule has 3 rings (SSSR count). The summed E-state index contributed by atoms with van der Waals surface area (Å²) in [6.45, 7) is 5.78. The summed E-state index contributed by atoms with van der Waals surface area (Å²) in [6.07, 6.45) is 4.00. The maximum absolute atomic E-state index is 12.3. The molecule has 1 heterocycles. The van der Waals surface area contributed by atoms with Crippen molar-refractivity contribution in [1.82, 2.24) is 9.78 Å². The van der Waals surface area contributed by atoms with E-state index in [-0.39, 0.29) is 12.3 Å². The van der Waals surface area contributed by atoms with Gasteiger partial charge in [-0.25, -0.2) is 4.68 Å². The Morgan fingerprint density at radius 1 is 1.17 bits per heavy atom. The average molecular weight is 405 g/mol. The summed E-state index contributed by atoms with van der Waals surface area (Å²) in [7, 11) is 1.77. The van der Waals surface area contributed by atoms with Gasteiger partial charge >= 0.3 is 0 Å². The Balaban J connectivity index is 1.93. The van der Waals surface area contributed by atoms with Crippen molar-refractivity contribution in [2.45, 2.75) is 18.4 Å². The van der Waals surface area contributed by atoms with Crippen LogP contribution in [0, 0.1) is 6.92 Å². The van der Waals surface area contributed by atoms with Gasteiger partial charge in [0.15, 0.2) is 7.05 Å². The third-order valence-electron chi connectivity index (χ3n) is 4.18. The lowest BCUT2D eigenvalue weighted by molar-refractivity contribution is -0.503. The monoisotopic (exact) mass is 404 g/mol. The summed E-state index contributed by atoms with van der Waals surface area (Å²) in [5.74, 6) is 0.565. The van der Waals surface area contributed by atoms with E-state index in [4.69, 9.17) is 5.10 Å². The van der Waals surface area contributed by atoms with Crippen LogP contribution in [-0.4, -0.2) is 39.4 Å². The normalized spacial score (nSPS) is 12.2. The number of hydrogen-bond acceptors (Lipinski definition) is 4. The second-order valence-corrected chi connectivity index (χ2v) is 7.52.